The molecule has 3 rings (SSSR count). The molecule has 0 bridgehead atoms. The summed E-state index contributed by atoms with van der Waals surface area (Å²) in [4.78, 5) is 38.2. The number of carbonyl (C=O) groups is 3. The highest BCUT2D eigenvalue weighted by Crippen LogP contribution is 2.35. The molecule has 0 aromatic heterocycles. The Morgan fingerprint density at radius 3 is 2.60 bits per heavy atom. The lowest BCUT2D eigenvalue weighted by atomic mass is 10.1. The van der Waals surface area contributed by atoms with E-state index in [2.05, 4.69) is 0 Å². The van der Waals surface area contributed by atoms with Crippen LogP contribution < -0.4 is 4.74 Å². The van der Waals surface area contributed by atoms with Crippen LogP contribution in [0.1, 0.15) is 25.0 Å². The first-order chi connectivity index (χ1) is 14.4. The van der Waals surface area contributed by atoms with Gasteiger partial charge in [0.2, 0.25) is 0 Å². The summed E-state index contributed by atoms with van der Waals surface area (Å²) in [5.41, 5.74) is 1.47. The van der Waals surface area contributed by atoms with Gasteiger partial charge < -0.3 is 9.47 Å². The van der Waals surface area contributed by atoms with E-state index >= 15 is 0 Å². The maximum absolute atomic E-state index is 12.8. The molecule has 0 radical (unpaired) electrons. The minimum atomic E-state index is -0.991. The second-order valence-electron chi connectivity index (χ2n) is 6.40. The highest BCUT2D eigenvalue weighted by atomic mass is 35.5. The van der Waals surface area contributed by atoms with E-state index in [9.17, 15) is 14.4 Å². The average Bonchev–Trinajstić information content (AvgIpc) is 3.01. The number of halogens is 1. The maximum atomic E-state index is 12.8. The summed E-state index contributed by atoms with van der Waals surface area (Å²) in [6.07, 6.45) is 1.59. The van der Waals surface area contributed by atoms with Gasteiger partial charge in [0.1, 0.15) is 18.4 Å². The standard InChI is InChI=1S/C22H20ClNO5S/c1-3-28-21(26)14(2)24-20(25)19(30-22(24)27)12-15-8-5-7-11-18(15)29-13-16-9-4-6-10-17(16)23/h4-12,14H,3,13H2,1-2H3/b19-12+/t14-/m1/s1. The molecule has 2 aromatic rings. The van der Waals surface area contributed by atoms with Crippen molar-refractivity contribution in [1.29, 1.82) is 0 Å². The van der Waals surface area contributed by atoms with E-state index in [0.717, 1.165) is 22.2 Å². The third-order valence-corrected chi connectivity index (χ3v) is 5.64. The molecule has 0 spiro atoms. The first kappa shape index (κ1) is 21.9. The fourth-order valence-electron chi connectivity index (χ4n) is 2.83. The van der Waals surface area contributed by atoms with Gasteiger partial charge in [0.05, 0.1) is 11.5 Å². The van der Waals surface area contributed by atoms with Crippen LogP contribution in [0.3, 0.4) is 0 Å². The summed E-state index contributed by atoms with van der Waals surface area (Å²) in [5.74, 6) is -0.612. The Labute approximate surface area is 183 Å². The van der Waals surface area contributed by atoms with Gasteiger partial charge in [0.25, 0.3) is 11.1 Å². The summed E-state index contributed by atoms with van der Waals surface area (Å²) in [5, 5.41) is 0.0883. The number of thioether (sulfide) groups is 1. The summed E-state index contributed by atoms with van der Waals surface area (Å²) in [7, 11) is 0. The number of imide groups is 1. The van der Waals surface area contributed by atoms with Crippen molar-refractivity contribution >= 4 is 46.6 Å². The predicted octanol–water partition coefficient (Wildman–Crippen LogP) is 4.91. The first-order valence-electron chi connectivity index (χ1n) is 9.31. The molecule has 6 nitrogen and oxygen atoms in total. The molecule has 156 valence electrons. The zero-order valence-corrected chi connectivity index (χ0v) is 18.0. The molecule has 0 aliphatic carbocycles. The van der Waals surface area contributed by atoms with Gasteiger partial charge >= 0.3 is 5.97 Å². The summed E-state index contributed by atoms with van der Waals surface area (Å²) in [6.45, 7) is 3.56. The SMILES string of the molecule is CCOC(=O)[C@@H](C)N1C(=O)S/C(=C/c2ccccc2OCc2ccccc2Cl)C1=O. The Morgan fingerprint density at radius 1 is 1.17 bits per heavy atom. The van der Waals surface area contributed by atoms with Gasteiger partial charge in [-0.1, -0.05) is 48.0 Å². The van der Waals surface area contributed by atoms with E-state index in [1.165, 1.54) is 6.92 Å². The van der Waals surface area contributed by atoms with Crippen LogP contribution in [0.2, 0.25) is 5.02 Å². The molecule has 0 N–H and O–H groups in total. The number of ether oxygens (including phenoxy) is 2. The lowest BCUT2D eigenvalue weighted by molar-refractivity contribution is -0.150. The van der Waals surface area contributed by atoms with Crippen LogP contribution in [0, 0.1) is 0 Å². The van der Waals surface area contributed by atoms with Crippen molar-refractivity contribution in [3.63, 3.8) is 0 Å². The number of para-hydroxylation sites is 1. The lowest BCUT2D eigenvalue weighted by Crippen LogP contribution is -2.42. The van der Waals surface area contributed by atoms with Crippen molar-refractivity contribution in [1.82, 2.24) is 4.90 Å². The predicted molar refractivity (Wildman–Crippen MR) is 116 cm³/mol. The quantitative estimate of drug-likeness (QED) is 0.445. The average molecular weight is 446 g/mol. The fraction of sp³-hybridized carbons (Fsp3) is 0.227. The molecular formula is C22H20ClNO5S. The van der Waals surface area contributed by atoms with Gasteiger partial charge in [-0.15, -0.1) is 0 Å². The minimum Gasteiger partial charge on any atom is -0.488 e. The van der Waals surface area contributed by atoms with Crippen LogP contribution in [0.25, 0.3) is 6.08 Å². The molecule has 0 unspecified atom stereocenters. The molecule has 1 saturated heterocycles. The second-order valence-corrected chi connectivity index (χ2v) is 7.80. The Hall–Kier alpha value is -2.77. The Morgan fingerprint density at radius 2 is 1.87 bits per heavy atom. The van der Waals surface area contributed by atoms with E-state index in [4.69, 9.17) is 21.1 Å². The van der Waals surface area contributed by atoms with Crippen molar-refractivity contribution in [2.45, 2.75) is 26.5 Å². The minimum absolute atomic E-state index is 0.172. The van der Waals surface area contributed by atoms with E-state index in [1.54, 1.807) is 37.3 Å². The molecule has 1 heterocycles. The van der Waals surface area contributed by atoms with Crippen molar-refractivity contribution in [3.05, 3.63) is 69.6 Å². The maximum Gasteiger partial charge on any atom is 0.329 e. The smallest absolute Gasteiger partial charge is 0.329 e. The van der Waals surface area contributed by atoms with Crippen molar-refractivity contribution in [2.24, 2.45) is 0 Å². The number of esters is 1. The van der Waals surface area contributed by atoms with Gasteiger partial charge in [-0.2, -0.15) is 0 Å². The normalized spacial score (nSPS) is 16.1. The van der Waals surface area contributed by atoms with E-state index < -0.39 is 23.2 Å². The third-order valence-electron chi connectivity index (χ3n) is 4.39. The molecule has 1 atom stereocenters. The van der Waals surface area contributed by atoms with Gasteiger partial charge in [-0.3, -0.25) is 14.5 Å². The van der Waals surface area contributed by atoms with E-state index in [-0.39, 0.29) is 18.1 Å². The monoisotopic (exact) mass is 445 g/mol. The van der Waals surface area contributed by atoms with Crippen LogP contribution in [0.15, 0.2) is 53.4 Å². The van der Waals surface area contributed by atoms with Crippen LogP contribution in [-0.4, -0.2) is 34.7 Å². The molecule has 8 heteroatoms. The molecule has 30 heavy (non-hydrogen) atoms. The lowest BCUT2D eigenvalue weighted by Gasteiger charge is -2.19. The molecule has 1 aliphatic heterocycles. The highest BCUT2D eigenvalue weighted by molar-refractivity contribution is 8.18. The van der Waals surface area contributed by atoms with Crippen LogP contribution in [0.5, 0.6) is 5.75 Å². The molecule has 0 saturated carbocycles. The van der Waals surface area contributed by atoms with Gasteiger partial charge in [-0.05, 0) is 43.8 Å². The number of hydrogen-bond acceptors (Lipinski definition) is 6. The number of carbonyl (C=O) groups excluding carboxylic acids is 3. The van der Waals surface area contributed by atoms with E-state index in [0.29, 0.717) is 16.3 Å². The van der Waals surface area contributed by atoms with Crippen LogP contribution in [0.4, 0.5) is 4.79 Å². The Bertz CT molecular complexity index is 1010. The summed E-state index contributed by atoms with van der Waals surface area (Å²) >= 11 is 6.96. The molecule has 2 amide bonds. The van der Waals surface area contributed by atoms with Crippen LogP contribution >= 0.6 is 23.4 Å². The van der Waals surface area contributed by atoms with Crippen molar-refractivity contribution < 1.29 is 23.9 Å². The second kappa shape index (κ2) is 9.82. The number of rotatable bonds is 7. The number of hydrogen-bond donors (Lipinski definition) is 0. The number of nitrogens with zero attached hydrogens (tertiary/aromatic N) is 1. The van der Waals surface area contributed by atoms with Crippen LogP contribution in [-0.2, 0) is 20.9 Å². The Kier molecular flexibility index (Phi) is 7.18. The van der Waals surface area contributed by atoms with Gasteiger partial charge in [0, 0.05) is 16.1 Å². The largest absolute Gasteiger partial charge is 0.488 e. The molecule has 1 fully saturated rings. The zero-order valence-electron chi connectivity index (χ0n) is 16.5. The number of benzene rings is 2. The summed E-state index contributed by atoms with van der Waals surface area (Å²) < 4.78 is 10.8. The summed E-state index contributed by atoms with van der Waals surface area (Å²) in [6, 6.07) is 13.5. The van der Waals surface area contributed by atoms with Crippen molar-refractivity contribution in [2.75, 3.05) is 6.61 Å². The fourth-order valence-corrected chi connectivity index (χ4v) is 3.91. The van der Waals surface area contributed by atoms with Crippen molar-refractivity contribution in [3.8, 4) is 5.75 Å². The topological polar surface area (TPSA) is 72.9 Å². The molecule has 2 aromatic carbocycles. The Balaban J connectivity index is 1.80. The van der Waals surface area contributed by atoms with Gasteiger partial charge in [-0.25, -0.2) is 4.79 Å². The first-order valence-corrected chi connectivity index (χ1v) is 10.5. The number of amides is 2. The zero-order chi connectivity index (χ0) is 21.7. The van der Waals surface area contributed by atoms with E-state index in [1.807, 2.05) is 24.3 Å². The third kappa shape index (κ3) is 4.86. The molecule has 1 aliphatic rings. The van der Waals surface area contributed by atoms with Gasteiger partial charge in [0.15, 0.2) is 0 Å². The molecular weight excluding hydrogens is 426 g/mol. The highest BCUT2D eigenvalue weighted by Gasteiger charge is 2.41.